The maximum absolute atomic E-state index is 5.15. The lowest BCUT2D eigenvalue weighted by molar-refractivity contribution is 0.181. The van der Waals surface area contributed by atoms with Crippen LogP contribution in [-0.2, 0) is 11.3 Å². The molecule has 1 N–H and O–H groups in total. The summed E-state index contributed by atoms with van der Waals surface area (Å²) in [5, 5.41) is 4.78. The highest BCUT2D eigenvalue weighted by Gasteiger charge is 2.08. The van der Waals surface area contributed by atoms with Crippen LogP contribution in [0, 0.1) is 0 Å². The van der Waals surface area contributed by atoms with E-state index in [1.807, 2.05) is 24.5 Å². The number of methoxy groups -OCH3 is 1. The average Bonchev–Trinajstić information content (AvgIpc) is 2.88. The number of halogens is 1. The third kappa shape index (κ3) is 3.57. The third-order valence-corrected chi connectivity index (χ3v) is 4.79. The van der Waals surface area contributed by atoms with E-state index >= 15 is 0 Å². The number of nitrogens with one attached hydrogen (secondary N) is 1. The summed E-state index contributed by atoms with van der Waals surface area (Å²) in [5.74, 6) is 0.726. The monoisotopic (exact) mass is 396 g/mol. The Balaban J connectivity index is 1.91. The lowest BCUT2D eigenvalue weighted by atomic mass is 10.3. The first kappa shape index (κ1) is 15.7. The van der Waals surface area contributed by atoms with Crippen LogP contribution in [0.3, 0.4) is 0 Å². The van der Waals surface area contributed by atoms with Crippen LogP contribution in [0.4, 0.5) is 10.9 Å². The highest BCUT2D eigenvalue weighted by Crippen LogP contribution is 2.30. The number of hydrogen-bond donors (Lipinski definition) is 1. The highest BCUT2D eigenvalue weighted by molar-refractivity contribution is 9.10. The Hall–Kier alpha value is -1.22. The predicted octanol–water partition coefficient (Wildman–Crippen LogP) is 4.46. The number of fused-ring (bicyclic) bond motifs is 1. The first-order valence-electron chi connectivity index (χ1n) is 6.42. The predicted molar refractivity (Wildman–Crippen MR) is 95.1 cm³/mol. The number of benzene rings is 1. The second-order valence-corrected chi connectivity index (χ2v) is 7.14. The van der Waals surface area contributed by atoms with Crippen molar-refractivity contribution in [3.63, 3.8) is 0 Å². The smallest absolute Gasteiger partial charge is 0.189 e. The molecule has 0 bridgehead atoms. The van der Waals surface area contributed by atoms with Gasteiger partial charge in [0.25, 0.3) is 0 Å². The molecular weight excluding hydrogens is 384 g/mol. The Morgan fingerprint density at radius 2 is 2.14 bits per heavy atom. The molecule has 3 aromatic rings. The minimum atomic E-state index is 0.456. The summed E-state index contributed by atoms with van der Waals surface area (Å²) in [6.45, 7) is 0.456. The molecule has 0 aliphatic rings. The van der Waals surface area contributed by atoms with Gasteiger partial charge in [-0.15, -0.1) is 0 Å². The standard InChI is InChI=1S/C14H13BrN4OS2/c1-20-7-9-6-12(18-13(16-9)21-2)19-14-17-10-4-3-8(15)5-11(10)22-14/h3-6H,7H2,1-2H3,(H,16,17,18,19). The van der Waals surface area contributed by atoms with Gasteiger partial charge in [0, 0.05) is 17.6 Å². The van der Waals surface area contributed by atoms with Crippen molar-refractivity contribution in [2.45, 2.75) is 11.8 Å². The number of thiazole rings is 1. The Labute approximate surface area is 144 Å². The molecule has 2 heterocycles. The number of ether oxygens (including phenoxy) is 1. The fourth-order valence-corrected chi connectivity index (χ4v) is 3.73. The van der Waals surface area contributed by atoms with Gasteiger partial charge in [0.2, 0.25) is 0 Å². The SMILES string of the molecule is COCc1cc(Nc2nc3ccc(Br)cc3s2)nc(SC)n1. The second-order valence-electron chi connectivity index (χ2n) is 4.42. The van der Waals surface area contributed by atoms with Gasteiger partial charge in [-0.2, -0.15) is 0 Å². The molecule has 2 aromatic heterocycles. The summed E-state index contributed by atoms with van der Waals surface area (Å²) < 4.78 is 7.31. The molecule has 0 atom stereocenters. The van der Waals surface area contributed by atoms with Crippen LogP contribution in [0.15, 0.2) is 33.9 Å². The Morgan fingerprint density at radius 1 is 1.27 bits per heavy atom. The van der Waals surface area contributed by atoms with E-state index in [0.29, 0.717) is 11.8 Å². The summed E-state index contributed by atoms with van der Waals surface area (Å²) in [6, 6.07) is 7.91. The number of anilines is 2. The lowest BCUT2D eigenvalue weighted by Crippen LogP contribution is -2.01. The molecule has 22 heavy (non-hydrogen) atoms. The fourth-order valence-electron chi connectivity index (χ4n) is 1.91. The maximum atomic E-state index is 5.15. The van der Waals surface area contributed by atoms with Gasteiger partial charge < -0.3 is 10.1 Å². The molecule has 3 rings (SSSR count). The fraction of sp³-hybridized carbons (Fsp3) is 0.214. The van der Waals surface area contributed by atoms with Crippen LogP contribution in [0.2, 0.25) is 0 Å². The summed E-state index contributed by atoms with van der Waals surface area (Å²) in [7, 11) is 1.65. The first-order chi connectivity index (χ1) is 10.7. The number of aromatic nitrogens is 3. The van der Waals surface area contributed by atoms with Gasteiger partial charge in [0.1, 0.15) is 5.82 Å². The van der Waals surface area contributed by atoms with Crippen molar-refractivity contribution in [2.24, 2.45) is 0 Å². The van der Waals surface area contributed by atoms with Gasteiger partial charge in [0.15, 0.2) is 10.3 Å². The van der Waals surface area contributed by atoms with E-state index in [0.717, 1.165) is 31.3 Å². The van der Waals surface area contributed by atoms with E-state index in [9.17, 15) is 0 Å². The van der Waals surface area contributed by atoms with Crippen molar-refractivity contribution >= 4 is 60.2 Å². The molecule has 0 radical (unpaired) electrons. The Kier molecular flexibility index (Phi) is 4.92. The molecule has 5 nitrogen and oxygen atoms in total. The van der Waals surface area contributed by atoms with Crippen LogP contribution in [0.1, 0.15) is 5.69 Å². The van der Waals surface area contributed by atoms with Gasteiger partial charge in [-0.1, -0.05) is 39.0 Å². The van der Waals surface area contributed by atoms with E-state index in [4.69, 9.17) is 4.74 Å². The maximum Gasteiger partial charge on any atom is 0.189 e. The van der Waals surface area contributed by atoms with E-state index in [1.54, 1.807) is 18.4 Å². The first-order valence-corrected chi connectivity index (χ1v) is 9.25. The zero-order chi connectivity index (χ0) is 15.5. The molecule has 0 saturated heterocycles. The third-order valence-electron chi connectivity index (χ3n) is 2.82. The minimum Gasteiger partial charge on any atom is -0.378 e. The van der Waals surface area contributed by atoms with Crippen LogP contribution in [0.5, 0.6) is 0 Å². The molecule has 8 heteroatoms. The van der Waals surface area contributed by atoms with Gasteiger partial charge in [-0.05, 0) is 24.5 Å². The normalized spacial score (nSPS) is 11.0. The van der Waals surface area contributed by atoms with Gasteiger partial charge >= 0.3 is 0 Å². The number of nitrogens with zero attached hydrogens (tertiary/aromatic N) is 3. The Bertz CT molecular complexity index is 809. The summed E-state index contributed by atoms with van der Waals surface area (Å²) in [6.07, 6.45) is 1.95. The lowest BCUT2D eigenvalue weighted by Gasteiger charge is -2.06. The van der Waals surface area contributed by atoms with E-state index in [1.165, 1.54) is 11.8 Å². The summed E-state index contributed by atoms with van der Waals surface area (Å²) in [5.41, 5.74) is 1.81. The molecule has 0 aliphatic heterocycles. The van der Waals surface area contributed by atoms with Crippen molar-refractivity contribution in [3.05, 3.63) is 34.4 Å². The molecule has 0 aliphatic carbocycles. The molecule has 0 spiro atoms. The van der Waals surface area contributed by atoms with E-state index in [-0.39, 0.29) is 0 Å². The average molecular weight is 397 g/mol. The van der Waals surface area contributed by atoms with Gasteiger partial charge in [-0.3, -0.25) is 0 Å². The molecule has 1 aromatic carbocycles. The quantitative estimate of drug-likeness (QED) is 0.507. The van der Waals surface area contributed by atoms with Crippen molar-refractivity contribution < 1.29 is 4.74 Å². The molecule has 114 valence electrons. The second kappa shape index (κ2) is 6.91. The summed E-state index contributed by atoms with van der Waals surface area (Å²) >= 11 is 6.56. The van der Waals surface area contributed by atoms with Crippen LogP contribution in [-0.4, -0.2) is 28.3 Å². The highest BCUT2D eigenvalue weighted by atomic mass is 79.9. The van der Waals surface area contributed by atoms with Crippen molar-refractivity contribution in [1.82, 2.24) is 15.0 Å². The van der Waals surface area contributed by atoms with Crippen molar-refractivity contribution in [1.29, 1.82) is 0 Å². The zero-order valence-corrected chi connectivity index (χ0v) is 15.2. The zero-order valence-electron chi connectivity index (χ0n) is 12.0. The number of hydrogen-bond acceptors (Lipinski definition) is 7. The molecular formula is C14H13BrN4OS2. The van der Waals surface area contributed by atoms with E-state index < -0.39 is 0 Å². The molecule has 0 amide bonds. The van der Waals surface area contributed by atoms with Crippen molar-refractivity contribution in [2.75, 3.05) is 18.7 Å². The molecule has 0 saturated carbocycles. The Morgan fingerprint density at radius 3 is 2.91 bits per heavy atom. The minimum absolute atomic E-state index is 0.456. The van der Waals surface area contributed by atoms with Crippen molar-refractivity contribution in [3.8, 4) is 0 Å². The van der Waals surface area contributed by atoms with Crippen LogP contribution < -0.4 is 5.32 Å². The molecule has 0 unspecified atom stereocenters. The molecule has 0 fully saturated rings. The number of rotatable bonds is 5. The van der Waals surface area contributed by atoms with E-state index in [2.05, 4.69) is 42.3 Å². The van der Waals surface area contributed by atoms with Gasteiger partial charge in [0.05, 0.1) is 22.5 Å². The number of thioether (sulfide) groups is 1. The van der Waals surface area contributed by atoms with Crippen LogP contribution >= 0.6 is 39.0 Å². The van der Waals surface area contributed by atoms with Gasteiger partial charge in [-0.25, -0.2) is 15.0 Å². The van der Waals surface area contributed by atoms with Crippen LogP contribution in [0.25, 0.3) is 10.2 Å². The summed E-state index contributed by atoms with van der Waals surface area (Å²) in [4.78, 5) is 13.4. The topological polar surface area (TPSA) is 59.9 Å². The largest absolute Gasteiger partial charge is 0.378 e.